The highest BCUT2D eigenvalue weighted by molar-refractivity contribution is 6.42. The van der Waals surface area contributed by atoms with Gasteiger partial charge < -0.3 is 9.30 Å². The third-order valence-electron chi connectivity index (χ3n) is 5.08. The number of carbonyl (C=O) groups excluding carboxylic acids is 1. The average molecular weight is 465 g/mol. The molecule has 0 unspecified atom stereocenters. The Morgan fingerprint density at radius 1 is 1.03 bits per heavy atom. The predicted octanol–water partition coefficient (Wildman–Crippen LogP) is 6.57. The SMILES string of the molecule is CCn1c(C)c(-c2ccc(Cl)cc2C)c(=O)c(C(=O)OC)c1-c1ccc(Cl)c(Cl)c1. The second-order valence-corrected chi connectivity index (χ2v) is 8.09. The van der Waals surface area contributed by atoms with Gasteiger partial charge in [0.1, 0.15) is 5.56 Å². The van der Waals surface area contributed by atoms with E-state index in [2.05, 4.69) is 0 Å². The van der Waals surface area contributed by atoms with Crippen molar-refractivity contribution >= 4 is 40.8 Å². The van der Waals surface area contributed by atoms with E-state index in [1.165, 1.54) is 7.11 Å². The largest absolute Gasteiger partial charge is 0.465 e. The van der Waals surface area contributed by atoms with Crippen LogP contribution in [0.5, 0.6) is 0 Å². The van der Waals surface area contributed by atoms with Crippen LogP contribution in [0.4, 0.5) is 0 Å². The second-order valence-electron chi connectivity index (χ2n) is 6.84. The summed E-state index contributed by atoms with van der Waals surface area (Å²) in [6.45, 7) is 6.20. The smallest absolute Gasteiger partial charge is 0.344 e. The zero-order valence-electron chi connectivity index (χ0n) is 17.0. The summed E-state index contributed by atoms with van der Waals surface area (Å²) in [5.74, 6) is -0.712. The number of aryl methyl sites for hydroxylation is 1. The van der Waals surface area contributed by atoms with Crippen molar-refractivity contribution in [2.75, 3.05) is 7.11 Å². The fraction of sp³-hybridized carbons (Fsp3) is 0.217. The fourth-order valence-electron chi connectivity index (χ4n) is 3.69. The molecule has 0 N–H and O–H groups in total. The zero-order chi connectivity index (χ0) is 22.2. The molecule has 0 bridgehead atoms. The summed E-state index contributed by atoms with van der Waals surface area (Å²) < 4.78 is 6.89. The highest BCUT2D eigenvalue weighted by Crippen LogP contribution is 2.34. The van der Waals surface area contributed by atoms with Gasteiger partial charge >= 0.3 is 5.97 Å². The summed E-state index contributed by atoms with van der Waals surface area (Å²) in [4.78, 5) is 26.4. The normalized spacial score (nSPS) is 10.9. The number of methoxy groups -OCH3 is 1. The van der Waals surface area contributed by atoms with E-state index in [1.807, 2.05) is 25.3 Å². The van der Waals surface area contributed by atoms with Crippen LogP contribution in [0, 0.1) is 13.8 Å². The van der Waals surface area contributed by atoms with Crippen molar-refractivity contribution in [2.24, 2.45) is 0 Å². The van der Waals surface area contributed by atoms with Gasteiger partial charge in [0.05, 0.1) is 22.8 Å². The van der Waals surface area contributed by atoms with Gasteiger partial charge in [-0.15, -0.1) is 0 Å². The van der Waals surface area contributed by atoms with E-state index in [1.54, 1.807) is 36.4 Å². The Bertz CT molecular complexity index is 1220. The molecule has 0 aliphatic heterocycles. The van der Waals surface area contributed by atoms with Gasteiger partial charge in [-0.3, -0.25) is 4.79 Å². The Labute approximate surface area is 190 Å². The molecule has 156 valence electrons. The molecule has 0 radical (unpaired) electrons. The first-order valence-corrected chi connectivity index (χ1v) is 10.4. The molecule has 1 aromatic heterocycles. The first kappa shape index (κ1) is 22.4. The average Bonchev–Trinajstić information content (AvgIpc) is 2.70. The van der Waals surface area contributed by atoms with E-state index < -0.39 is 11.4 Å². The molecule has 0 spiro atoms. The molecular weight excluding hydrogens is 445 g/mol. The minimum atomic E-state index is -0.712. The third-order valence-corrected chi connectivity index (χ3v) is 6.06. The molecule has 2 aromatic carbocycles. The number of nitrogens with zero attached hydrogens (tertiary/aromatic N) is 1. The summed E-state index contributed by atoms with van der Waals surface area (Å²) in [6, 6.07) is 10.3. The Hall–Kier alpha value is -2.27. The number of ether oxygens (including phenoxy) is 1. The van der Waals surface area contributed by atoms with Gasteiger partial charge in [-0.2, -0.15) is 0 Å². The molecule has 0 atom stereocenters. The van der Waals surface area contributed by atoms with Crippen LogP contribution in [0.3, 0.4) is 0 Å². The molecule has 3 rings (SSSR count). The minimum Gasteiger partial charge on any atom is -0.465 e. The van der Waals surface area contributed by atoms with Crippen LogP contribution in [0.2, 0.25) is 15.1 Å². The van der Waals surface area contributed by atoms with Crippen LogP contribution < -0.4 is 5.43 Å². The molecule has 0 aliphatic carbocycles. The van der Waals surface area contributed by atoms with E-state index >= 15 is 0 Å². The first-order valence-electron chi connectivity index (χ1n) is 9.28. The predicted molar refractivity (Wildman–Crippen MR) is 123 cm³/mol. The van der Waals surface area contributed by atoms with Gasteiger partial charge in [-0.25, -0.2) is 4.79 Å². The monoisotopic (exact) mass is 463 g/mol. The molecule has 0 amide bonds. The summed E-state index contributed by atoms with van der Waals surface area (Å²) >= 11 is 18.4. The number of hydrogen-bond donors (Lipinski definition) is 0. The van der Waals surface area contributed by atoms with Crippen LogP contribution in [-0.2, 0) is 11.3 Å². The topological polar surface area (TPSA) is 48.3 Å². The second kappa shape index (κ2) is 8.84. The van der Waals surface area contributed by atoms with Gasteiger partial charge in [0.2, 0.25) is 5.43 Å². The van der Waals surface area contributed by atoms with Crippen molar-refractivity contribution in [1.29, 1.82) is 0 Å². The first-order chi connectivity index (χ1) is 14.2. The lowest BCUT2D eigenvalue weighted by Gasteiger charge is -2.22. The number of halogens is 3. The maximum atomic E-state index is 13.6. The summed E-state index contributed by atoms with van der Waals surface area (Å²) in [5, 5.41) is 1.29. The lowest BCUT2D eigenvalue weighted by molar-refractivity contribution is 0.0599. The lowest BCUT2D eigenvalue weighted by atomic mass is 9.94. The summed E-state index contributed by atoms with van der Waals surface area (Å²) in [5.41, 5.74) is 3.31. The van der Waals surface area contributed by atoms with E-state index in [4.69, 9.17) is 39.5 Å². The summed E-state index contributed by atoms with van der Waals surface area (Å²) in [6.07, 6.45) is 0. The quantitative estimate of drug-likeness (QED) is 0.410. The van der Waals surface area contributed by atoms with Crippen molar-refractivity contribution < 1.29 is 9.53 Å². The van der Waals surface area contributed by atoms with Crippen LogP contribution in [-0.4, -0.2) is 17.6 Å². The summed E-state index contributed by atoms with van der Waals surface area (Å²) in [7, 11) is 1.25. The number of aromatic nitrogens is 1. The fourth-order valence-corrected chi connectivity index (χ4v) is 4.21. The Morgan fingerprint density at radius 2 is 1.73 bits per heavy atom. The van der Waals surface area contributed by atoms with Crippen LogP contribution >= 0.6 is 34.8 Å². The van der Waals surface area contributed by atoms with E-state index in [0.29, 0.717) is 38.4 Å². The Kier molecular flexibility index (Phi) is 6.61. The van der Waals surface area contributed by atoms with Gasteiger partial charge in [-0.1, -0.05) is 46.9 Å². The molecule has 0 saturated carbocycles. The Balaban J connectivity index is 2.49. The van der Waals surface area contributed by atoms with Crippen molar-refractivity contribution in [3.8, 4) is 22.4 Å². The molecular formula is C23H20Cl3NO3. The number of benzene rings is 2. The number of carbonyl (C=O) groups is 1. The standard InChI is InChI=1S/C23H20Cl3NO3/c1-5-27-13(3)19(16-8-7-15(24)10-12(16)2)22(28)20(23(29)30-4)21(27)14-6-9-17(25)18(26)11-14/h6-11H,5H2,1-4H3. The van der Waals surface area contributed by atoms with Crippen molar-refractivity contribution in [3.05, 3.63) is 78.5 Å². The van der Waals surface area contributed by atoms with Crippen molar-refractivity contribution in [3.63, 3.8) is 0 Å². The number of hydrogen-bond acceptors (Lipinski definition) is 3. The van der Waals surface area contributed by atoms with Gasteiger partial charge in [0.25, 0.3) is 0 Å². The van der Waals surface area contributed by atoms with Gasteiger partial charge in [-0.05, 0) is 56.2 Å². The van der Waals surface area contributed by atoms with Crippen LogP contribution in [0.15, 0.2) is 41.2 Å². The van der Waals surface area contributed by atoms with Gasteiger partial charge in [0, 0.05) is 28.4 Å². The molecule has 7 heteroatoms. The van der Waals surface area contributed by atoms with Crippen molar-refractivity contribution in [1.82, 2.24) is 4.57 Å². The molecule has 1 heterocycles. The molecule has 3 aromatic rings. The Morgan fingerprint density at radius 3 is 2.30 bits per heavy atom. The number of rotatable bonds is 4. The van der Waals surface area contributed by atoms with Gasteiger partial charge in [0.15, 0.2) is 0 Å². The third kappa shape index (κ3) is 3.87. The maximum Gasteiger partial charge on any atom is 0.344 e. The minimum absolute atomic E-state index is 0.0484. The van der Waals surface area contributed by atoms with E-state index in [-0.39, 0.29) is 5.56 Å². The van der Waals surface area contributed by atoms with Crippen molar-refractivity contribution in [2.45, 2.75) is 27.3 Å². The molecule has 0 aliphatic rings. The number of esters is 1. The lowest BCUT2D eigenvalue weighted by Crippen LogP contribution is -2.26. The van der Waals surface area contributed by atoms with E-state index in [0.717, 1.165) is 16.8 Å². The highest BCUT2D eigenvalue weighted by Gasteiger charge is 2.27. The molecule has 30 heavy (non-hydrogen) atoms. The maximum absolute atomic E-state index is 13.6. The molecule has 4 nitrogen and oxygen atoms in total. The molecule has 0 fully saturated rings. The zero-order valence-corrected chi connectivity index (χ0v) is 19.2. The number of pyridine rings is 1. The van der Waals surface area contributed by atoms with Crippen LogP contribution in [0.1, 0.15) is 28.5 Å². The highest BCUT2D eigenvalue weighted by atomic mass is 35.5. The van der Waals surface area contributed by atoms with Crippen LogP contribution in [0.25, 0.3) is 22.4 Å². The molecule has 0 saturated heterocycles. The van der Waals surface area contributed by atoms with E-state index in [9.17, 15) is 9.59 Å².